The third kappa shape index (κ3) is 5.11. The molecule has 0 fully saturated rings. The molecule has 0 radical (unpaired) electrons. The van der Waals surface area contributed by atoms with Crippen LogP contribution in [0.15, 0.2) is 54.6 Å². The van der Waals surface area contributed by atoms with E-state index in [9.17, 15) is 4.79 Å². The van der Waals surface area contributed by atoms with Gasteiger partial charge in [-0.15, -0.1) is 0 Å². The molecule has 0 atom stereocenters. The average molecular weight is 312 g/mol. The lowest BCUT2D eigenvalue weighted by Gasteiger charge is -2.27. The number of carbonyl (C=O) groups excluding carboxylic acids is 1. The van der Waals surface area contributed by atoms with E-state index in [0.717, 1.165) is 16.8 Å². The van der Waals surface area contributed by atoms with Crippen molar-refractivity contribution in [3.63, 3.8) is 0 Å². The molecule has 0 aliphatic heterocycles. The molecule has 4 heteroatoms. The number of aliphatic hydroxyl groups is 1. The van der Waals surface area contributed by atoms with Crippen molar-refractivity contribution in [2.75, 3.05) is 11.9 Å². The van der Waals surface area contributed by atoms with Crippen molar-refractivity contribution in [3.05, 3.63) is 65.7 Å². The number of amides is 1. The predicted octanol–water partition coefficient (Wildman–Crippen LogP) is 3.03. The number of hydrogen-bond donors (Lipinski definition) is 2. The van der Waals surface area contributed by atoms with E-state index in [1.54, 1.807) is 0 Å². The fourth-order valence-electron chi connectivity index (χ4n) is 2.40. The number of aliphatic hydroxyl groups excluding tert-OH is 1. The Morgan fingerprint density at radius 2 is 1.78 bits per heavy atom. The lowest BCUT2D eigenvalue weighted by molar-refractivity contribution is -0.131. The van der Waals surface area contributed by atoms with Crippen LogP contribution in [-0.4, -0.2) is 28.5 Å². The van der Waals surface area contributed by atoms with Crippen LogP contribution < -0.4 is 5.32 Å². The molecule has 4 nitrogen and oxygen atoms in total. The van der Waals surface area contributed by atoms with E-state index in [2.05, 4.69) is 5.32 Å². The van der Waals surface area contributed by atoms with Crippen LogP contribution in [0.1, 0.15) is 25.0 Å². The first-order valence-corrected chi connectivity index (χ1v) is 7.87. The van der Waals surface area contributed by atoms with E-state index in [4.69, 9.17) is 5.11 Å². The first-order chi connectivity index (χ1) is 11.1. The summed E-state index contributed by atoms with van der Waals surface area (Å²) in [5.41, 5.74) is 2.79. The van der Waals surface area contributed by atoms with Crippen LogP contribution in [0.25, 0.3) is 0 Å². The molecule has 0 spiro atoms. The van der Waals surface area contributed by atoms with E-state index < -0.39 is 0 Å². The van der Waals surface area contributed by atoms with Gasteiger partial charge in [0.15, 0.2) is 0 Å². The van der Waals surface area contributed by atoms with E-state index >= 15 is 0 Å². The van der Waals surface area contributed by atoms with Gasteiger partial charge in [0.1, 0.15) is 0 Å². The van der Waals surface area contributed by atoms with Crippen molar-refractivity contribution < 1.29 is 9.90 Å². The van der Waals surface area contributed by atoms with Gasteiger partial charge in [-0.05, 0) is 37.1 Å². The molecule has 23 heavy (non-hydrogen) atoms. The SMILES string of the molecule is CC(C)N(Cc1ccccc1)C(=O)CNc1cccc(CO)c1. The highest BCUT2D eigenvalue weighted by atomic mass is 16.3. The fourth-order valence-corrected chi connectivity index (χ4v) is 2.40. The minimum Gasteiger partial charge on any atom is -0.392 e. The van der Waals surface area contributed by atoms with Crippen LogP contribution in [0.3, 0.4) is 0 Å². The maximum Gasteiger partial charge on any atom is 0.242 e. The molecular weight excluding hydrogens is 288 g/mol. The van der Waals surface area contributed by atoms with Crippen LogP contribution in [-0.2, 0) is 17.9 Å². The van der Waals surface area contributed by atoms with Gasteiger partial charge in [-0.25, -0.2) is 0 Å². The lowest BCUT2D eigenvalue weighted by atomic mass is 10.2. The van der Waals surface area contributed by atoms with Crippen molar-refractivity contribution in [3.8, 4) is 0 Å². The van der Waals surface area contributed by atoms with E-state index in [0.29, 0.717) is 6.54 Å². The van der Waals surface area contributed by atoms with Gasteiger partial charge in [-0.3, -0.25) is 4.79 Å². The van der Waals surface area contributed by atoms with Gasteiger partial charge in [0.2, 0.25) is 5.91 Å². The van der Waals surface area contributed by atoms with Crippen molar-refractivity contribution in [1.82, 2.24) is 4.90 Å². The molecule has 0 aromatic heterocycles. The highest BCUT2D eigenvalue weighted by Crippen LogP contribution is 2.12. The maximum absolute atomic E-state index is 12.5. The molecule has 122 valence electrons. The number of benzene rings is 2. The largest absolute Gasteiger partial charge is 0.392 e. The van der Waals surface area contributed by atoms with Crippen molar-refractivity contribution in [1.29, 1.82) is 0 Å². The van der Waals surface area contributed by atoms with Gasteiger partial charge in [-0.2, -0.15) is 0 Å². The maximum atomic E-state index is 12.5. The zero-order chi connectivity index (χ0) is 16.7. The smallest absolute Gasteiger partial charge is 0.242 e. The Kier molecular flexibility index (Phi) is 6.18. The van der Waals surface area contributed by atoms with Crippen molar-refractivity contribution >= 4 is 11.6 Å². The highest BCUT2D eigenvalue weighted by Gasteiger charge is 2.16. The Hall–Kier alpha value is -2.33. The minimum atomic E-state index is -0.00437. The second-order valence-corrected chi connectivity index (χ2v) is 5.81. The number of anilines is 1. The summed E-state index contributed by atoms with van der Waals surface area (Å²) in [6.45, 7) is 4.88. The summed E-state index contributed by atoms with van der Waals surface area (Å²) >= 11 is 0. The van der Waals surface area contributed by atoms with Gasteiger partial charge in [0, 0.05) is 18.3 Å². The molecule has 0 bridgehead atoms. The molecule has 0 aliphatic rings. The van der Waals surface area contributed by atoms with E-state index in [1.807, 2.05) is 73.3 Å². The Morgan fingerprint density at radius 3 is 2.43 bits per heavy atom. The lowest BCUT2D eigenvalue weighted by Crippen LogP contribution is -2.39. The monoisotopic (exact) mass is 312 g/mol. The number of carbonyl (C=O) groups is 1. The Balaban J connectivity index is 1.98. The summed E-state index contributed by atoms with van der Waals surface area (Å²) in [6.07, 6.45) is 0. The molecule has 2 rings (SSSR count). The van der Waals surface area contributed by atoms with E-state index in [1.165, 1.54) is 0 Å². The van der Waals surface area contributed by atoms with E-state index in [-0.39, 0.29) is 25.1 Å². The second kappa shape index (κ2) is 8.34. The van der Waals surface area contributed by atoms with Gasteiger partial charge < -0.3 is 15.3 Å². The molecule has 0 saturated carbocycles. The van der Waals surface area contributed by atoms with Gasteiger partial charge in [-0.1, -0.05) is 42.5 Å². The van der Waals surface area contributed by atoms with Crippen LogP contribution in [0.5, 0.6) is 0 Å². The first kappa shape index (κ1) is 17.0. The van der Waals surface area contributed by atoms with Crippen LogP contribution in [0.2, 0.25) is 0 Å². The molecule has 1 amide bonds. The molecule has 0 heterocycles. The van der Waals surface area contributed by atoms with Crippen molar-refractivity contribution in [2.45, 2.75) is 33.0 Å². The van der Waals surface area contributed by atoms with Gasteiger partial charge in [0.25, 0.3) is 0 Å². The number of rotatable bonds is 7. The highest BCUT2D eigenvalue weighted by molar-refractivity contribution is 5.81. The quantitative estimate of drug-likeness (QED) is 0.826. The van der Waals surface area contributed by atoms with Crippen LogP contribution in [0.4, 0.5) is 5.69 Å². The number of nitrogens with zero attached hydrogens (tertiary/aromatic N) is 1. The third-order valence-electron chi connectivity index (χ3n) is 3.69. The summed E-state index contributed by atoms with van der Waals surface area (Å²) in [6, 6.07) is 17.6. The first-order valence-electron chi connectivity index (χ1n) is 7.87. The van der Waals surface area contributed by atoms with Crippen LogP contribution in [0, 0.1) is 0 Å². The van der Waals surface area contributed by atoms with Crippen LogP contribution >= 0.6 is 0 Å². The van der Waals surface area contributed by atoms with Gasteiger partial charge >= 0.3 is 0 Å². The molecular formula is C19H24N2O2. The molecule has 2 N–H and O–H groups in total. The summed E-state index contributed by atoms with van der Waals surface area (Å²) in [4.78, 5) is 14.4. The average Bonchev–Trinajstić information content (AvgIpc) is 2.58. The molecule has 0 saturated heterocycles. The fraction of sp³-hybridized carbons (Fsp3) is 0.316. The molecule has 2 aromatic carbocycles. The molecule has 2 aromatic rings. The van der Waals surface area contributed by atoms with Gasteiger partial charge in [0.05, 0.1) is 13.2 Å². The Bertz CT molecular complexity index is 626. The zero-order valence-electron chi connectivity index (χ0n) is 13.7. The Morgan fingerprint density at radius 1 is 1.09 bits per heavy atom. The summed E-state index contributed by atoms with van der Waals surface area (Å²) in [5.74, 6) is 0.0539. The standard InChI is InChI=1S/C19H24N2O2/c1-15(2)21(13-16-7-4-3-5-8-16)19(23)12-20-18-10-6-9-17(11-18)14-22/h3-11,15,20,22H,12-14H2,1-2H3. The summed E-state index contributed by atoms with van der Waals surface area (Å²) < 4.78 is 0. The van der Waals surface area contributed by atoms with Crippen molar-refractivity contribution in [2.24, 2.45) is 0 Å². The topological polar surface area (TPSA) is 52.6 Å². The molecule has 0 unspecified atom stereocenters. The minimum absolute atomic E-state index is 0.00437. The third-order valence-corrected chi connectivity index (χ3v) is 3.69. The zero-order valence-corrected chi connectivity index (χ0v) is 13.7. The summed E-state index contributed by atoms with van der Waals surface area (Å²) in [7, 11) is 0. The normalized spacial score (nSPS) is 10.6. The predicted molar refractivity (Wildman–Crippen MR) is 93.0 cm³/mol. The number of nitrogens with one attached hydrogen (secondary N) is 1. The number of hydrogen-bond acceptors (Lipinski definition) is 3. The second-order valence-electron chi connectivity index (χ2n) is 5.81. The summed E-state index contributed by atoms with van der Waals surface area (Å²) in [5, 5.41) is 12.3. The molecule has 0 aliphatic carbocycles. The Labute approximate surface area is 137 Å².